The number of sulfonamides is 1. The van der Waals surface area contributed by atoms with Gasteiger partial charge in [0.05, 0.1) is 4.90 Å². The van der Waals surface area contributed by atoms with Crippen molar-refractivity contribution in [3.63, 3.8) is 0 Å². The minimum absolute atomic E-state index is 0.0854. The predicted octanol–water partition coefficient (Wildman–Crippen LogP) is 4.08. The van der Waals surface area contributed by atoms with Gasteiger partial charge in [0.15, 0.2) is 0 Å². The summed E-state index contributed by atoms with van der Waals surface area (Å²) in [5.41, 5.74) is 2.73. The molecule has 0 unspecified atom stereocenters. The number of nitrogens with zero attached hydrogens (tertiary/aromatic N) is 1. The number of amides is 1. The largest absolute Gasteiger partial charge is 0.331 e. The van der Waals surface area contributed by atoms with Crippen LogP contribution in [0, 0.1) is 0 Å². The SMILES string of the molecule is C=CCNS(=O)(=O)c1cccc(C(=O)N(Cc2ccc(C(C)C)cc2)C2CC2)c1. The van der Waals surface area contributed by atoms with E-state index in [1.165, 1.54) is 23.8 Å². The molecule has 5 nitrogen and oxygen atoms in total. The molecule has 29 heavy (non-hydrogen) atoms. The average molecular weight is 413 g/mol. The molecule has 0 atom stereocenters. The van der Waals surface area contributed by atoms with Crippen molar-refractivity contribution in [3.05, 3.63) is 77.9 Å². The maximum absolute atomic E-state index is 13.2. The molecular formula is C23H28N2O3S. The average Bonchev–Trinajstić information content (AvgIpc) is 3.55. The lowest BCUT2D eigenvalue weighted by Gasteiger charge is -2.23. The van der Waals surface area contributed by atoms with Crippen molar-refractivity contribution < 1.29 is 13.2 Å². The second-order valence-electron chi connectivity index (χ2n) is 7.73. The van der Waals surface area contributed by atoms with Crippen LogP contribution in [0.3, 0.4) is 0 Å². The first-order chi connectivity index (χ1) is 13.8. The van der Waals surface area contributed by atoms with E-state index >= 15 is 0 Å². The molecule has 1 aliphatic rings. The van der Waals surface area contributed by atoms with Crippen molar-refractivity contribution in [1.29, 1.82) is 0 Å². The second-order valence-corrected chi connectivity index (χ2v) is 9.50. The number of carbonyl (C=O) groups is 1. The van der Waals surface area contributed by atoms with Crippen LogP contribution in [0.25, 0.3) is 0 Å². The highest BCUT2D eigenvalue weighted by molar-refractivity contribution is 7.89. The summed E-state index contributed by atoms with van der Waals surface area (Å²) in [5.74, 6) is 0.325. The Hall–Kier alpha value is -2.44. The first-order valence-electron chi connectivity index (χ1n) is 9.92. The lowest BCUT2D eigenvalue weighted by Crippen LogP contribution is -2.33. The van der Waals surface area contributed by atoms with Crippen LogP contribution < -0.4 is 4.72 Å². The van der Waals surface area contributed by atoms with Gasteiger partial charge in [-0.3, -0.25) is 4.79 Å². The standard InChI is InChI=1S/C23H28N2O3S/c1-4-14-24-29(27,28)22-7-5-6-20(15-22)23(26)25(21-12-13-21)16-18-8-10-19(11-9-18)17(2)3/h4-11,15,17,21,24H,1,12-14,16H2,2-3H3. The van der Waals surface area contributed by atoms with Gasteiger partial charge in [-0.05, 0) is 48.1 Å². The molecule has 0 bridgehead atoms. The van der Waals surface area contributed by atoms with Crippen LogP contribution in [0.1, 0.15) is 54.1 Å². The minimum atomic E-state index is -3.67. The Morgan fingerprint density at radius 1 is 1.21 bits per heavy atom. The number of benzene rings is 2. The Labute approximate surface area is 173 Å². The molecule has 0 radical (unpaired) electrons. The Bertz CT molecular complexity index is 977. The fourth-order valence-electron chi connectivity index (χ4n) is 3.17. The van der Waals surface area contributed by atoms with Gasteiger partial charge in [-0.2, -0.15) is 0 Å². The summed E-state index contributed by atoms with van der Waals surface area (Å²) in [6.45, 7) is 8.49. The fourth-order valence-corrected chi connectivity index (χ4v) is 4.22. The van der Waals surface area contributed by atoms with E-state index in [4.69, 9.17) is 0 Å². The van der Waals surface area contributed by atoms with Crippen LogP contribution in [-0.4, -0.2) is 31.8 Å². The van der Waals surface area contributed by atoms with E-state index in [1.54, 1.807) is 12.1 Å². The van der Waals surface area contributed by atoms with Gasteiger partial charge >= 0.3 is 0 Å². The zero-order valence-corrected chi connectivity index (χ0v) is 17.8. The van der Waals surface area contributed by atoms with Crippen LogP contribution >= 0.6 is 0 Å². The molecule has 0 saturated heterocycles. The first kappa shape index (κ1) is 21.3. The number of hydrogen-bond donors (Lipinski definition) is 1. The predicted molar refractivity (Wildman–Crippen MR) is 115 cm³/mol. The Balaban J connectivity index is 1.81. The molecular weight excluding hydrogens is 384 g/mol. The fraction of sp³-hybridized carbons (Fsp3) is 0.348. The summed E-state index contributed by atoms with van der Waals surface area (Å²) in [4.78, 5) is 15.1. The third-order valence-corrected chi connectivity index (χ3v) is 6.48. The highest BCUT2D eigenvalue weighted by atomic mass is 32.2. The van der Waals surface area contributed by atoms with E-state index in [0.29, 0.717) is 18.0 Å². The van der Waals surface area contributed by atoms with Gasteiger partial charge in [-0.1, -0.05) is 50.3 Å². The zero-order chi connectivity index (χ0) is 21.0. The van der Waals surface area contributed by atoms with E-state index in [-0.39, 0.29) is 23.4 Å². The number of nitrogens with one attached hydrogen (secondary N) is 1. The minimum Gasteiger partial charge on any atom is -0.331 e. The van der Waals surface area contributed by atoms with Gasteiger partial charge in [0.25, 0.3) is 5.91 Å². The topological polar surface area (TPSA) is 66.5 Å². The van der Waals surface area contributed by atoms with Crippen LogP contribution in [0.2, 0.25) is 0 Å². The quantitative estimate of drug-likeness (QED) is 0.631. The molecule has 3 rings (SSSR count). The third kappa shape index (κ3) is 5.34. The summed E-state index contributed by atoms with van der Waals surface area (Å²) in [5, 5.41) is 0. The first-order valence-corrected chi connectivity index (χ1v) is 11.4. The van der Waals surface area contributed by atoms with E-state index in [1.807, 2.05) is 4.90 Å². The molecule has 0 spiro atoms. The van der Waals surface area contributed by atoms with E-state index in [2.05, 4.69) is 49.4 Å². The number of rotatable bonds is 9. The monoisotopic (exact) mass is 412 g/mol. The molecule has 6 heteroatoms. The van der Waals surface area contributed by atoms with Crippen LogP contribution in [0.4, 0.5) is 0 Å². The number of hydrogen-bond acceptors (Lipinski definition) is 3. The Kier molecular flexibility index (Phi) is 6.55. The second kappa shape index (κ2) is 8.93. The van der Waals surface area contributed by atoms with Crippen molar-refractivity contribution in [2.24, 2.45) is 0 Å². The third-order valence-electron chi connectivity index (χ3n) is 5.06. The summed E-state index contributed by atoms with van der Waals surface area (Å²) in [7, 11) is -3.67. The Morgan fingerprint density at radius 2 is 1.90 bits per heavy atom. The molecule has 1 N–H and O–H groups in total. The molecule has 2 aromatic carbocycles. The van der Waals surface area contributed by atoms with Gasteiger partial charge in [0.2, 0.25) is 10.0 Å². The van der Waals surface area contributed by atoms with E-state index < -0.39 is 10.0 Å². The van der Waals surface area contributed by atoms with Crippen molar-refractivity contribution in [2.75, 3.05) is 6.54 Å². The smallest absolute Gasteiger partial charge is 0.254 e. The van der Waals surface area contributed by atoms with E-state index in [9.17, 15) is 13.2 Å². The highest BCUT2D eigenvalue weighted by Crippen LogP contribution is 2.30. The molecule has 1 saturated carbocycles. The van der Waals surface area contributed by atoms with Crippen LogP contribution in [-0.2, 0) is 16.6 Å². The highest BCUT2D eigenvalue weighted by Gasteiger charge is 2.33. The molecule has 1 amide bonds. The lowest BCUT2D eigenvalue weighted by atomic mass is 10.0. The summed E-state index contributed by atoms with van der Waals surface area (Å²) in [6.07, 6.45) is 3.44. The zero-order valence-electron chi connectivity index (χ0n) is 17.0. The molecule has 1 fully saturated rings. The molecule has 154 valence electrons. The van der Waals surface area contributed by atoms with Crippen molar-refractivity contribution in [1.82, 2.24) is 9.62 Å². The molecule has 0 aliphatic heterocycles. The molecule has 1 aliphatic carbocycles. The van der Waals surface area contributed by atoms with Gasteiger partial charge < -0.3 is 4.90 Å². The summed E-state index contributed by atoms with van der Waals surface area (Å²) >= 11 is 0. The van der Waals surface area contributed by atoms with Gasteiger partial charge in [-0.25, -0.2) is 13.1 Å². The molecule has 0 aromatic heterocycles. The Morgan fingerprint density at radius 3 is 2.48 bits per heavy atom. The van der Waals surface area contributed by atoms with E-state index in [0.717, 1.165) is 18.4 Å². The van der Waals surface area contributed by atoms with Crippen molar-refractivity contribution in [2.45, 2.75) is 50.1 Å². The van der Waals surface area contributed by atoms with Gasteiger partial charge in [0.1, 0.15) is 0 Å². The summed E-state index contributed by atoms with van der Waals surface area (Å²) in [6, 6.07) is 14.8. The number of carbonyl (C=O) groups excluding carboxylic acids is 1. The maximum Gasteiger partial charge on any atom is 0.254 e. The molecule has 2 aromatic rings. The lowest BCUT2D eigenvalue weighted by molar-refractivity contribution is 0.0729. The van der Waals surface area contributed by atoms with Crippen LogP contribution in [0.15, 0.2) is 66.1 Å². The van der Waals surface area contributed by atoms with Gasteiger partial charge in [-0.15, -0.1) is 6.58 Å². The van der Waals surface area contributed by atoms with Crippen molar-refractivity contribution >= 4 is 15.9 Å². The normalized spacial score (nSPS) is 14.0. The van der Waals surface area contributed by atoms with Crippen LogP contribution in [0.5, 0.6) is 0 Å². The summed E-state index contributed by atoms with van der Waals surface area (Å²) < 4.78 is 27.2. The van der Waals surface area contributed by atoms with Crippen molar-refractivity contribution in [3.8, 4) is 0 Å². The molecule has 0 heterocycles. The maximum atomic E-state index is 13.2. The van der Waals surface area contributed by atoms with Gasteiger partial charge in [0, 0.05) is 24.7 Å².